The van der Waals surface area contributed by atoms with Crippen molar-refractivity contribution >= 4 is 21.8 Å². The molecule has 1 nitrogen and oxygen atoms in total. The zero-order valence-electron chi connectivity index (χ0n) is 18.4. The second-order valence-electron chi connectivity index (χ2n) is 10.3. The maximum atomic E-state index is 3.76. The largest absolute Gasteiger partial charge is 0.354 e. The van der Waals surface area contributed by atoms with Gasteiger partial charge in [0, 0.05) is 32.7 Å². The van der Waals surface area contributed by atoms with Crippen LogP contribution in [0.4, 0.5) is 0 Å². The molecule has 5 aromatic rings. The van der Waals surface area contributed by atoms with Crippen molar-refractivity contribution in [3.63, 3.8) is 0 Å². The Bertz CT molecular complexity index is 1580. The summed E-state index contributed by atoms with van der Waals surface area (Å²) >= 11 is 0. The molecule has 0 radical (unpaired) electrons. The number of aromatic nitrogens is 1. The molecule has 0 amide bonds. The van der Waals surface area contributed by atoms with Crippen LogP contribution in [-0.4, -0.2) is 4.98 Å². The summed E-state index contributed by atoms with van der Waals surface area (Å²) in [7, 11) is 0. The Morgan fingerprint density at radius 3 is 2.10 bits per heavy atom. The summed E-state index contributed by atoms with van der Waals surface area (Å²) in [5.74, 6) is 0. The zero-order chi connectivity index (χ0) is 21.1. The first-order chi connectivity index (χ1) is 14.9. The Labute approximate surface area is 182 Å². The van der Waals surface area contributed by atoms with E-state index in [2.05, 4.69) is 105 Å². The van der Waals surface area contributed by atoms with Crippen LogP contribution < -0.4 is 0 Å². The molecule has 1 heteroatoms. The van der Waals surface area contributed by atoms with Crippen molar-refractivity contribution in [2.24, 2.45) is 0 Å². The van der Waals surface area contributed by atoms with Crippen LogP contribution in [0.25, 0.3) is 44.1 Å². The molecule has 0 aliphatic heterocycles. The minimum absolute atomic E-state index is 0.00382. The van der Waals surface area contributed by atoms with Gasteiger partial charge in [-0.3, -0.25) is 0 Å². The lowest BCUT2D eigenvalue weighted by molar-refractivity contribution is 0.601. The second kappa shape index (κ2) is 5.29. The number of H-pyrrole nitrogens is 1. The van der Waals surface area contributed by atoms with Gasteiger partial charge in [0.2, 0.25) is 0 Å². The van der Waals surface area contributed by atoms with E-state index in [9.17, 15) is 0 Å². The number of nitrogens with one attached hydrogen (secondary N) is 1. The van der Waals surface area contributed by atoms with Gasteiger partial charge in [0.05, 0.1) is 5.52 Å². The molecule has 0 fully saturated rings. The maximum Gasteiger partial charge on any atom is 0.0547 e. The van der Waals surface area contributed by atoms with Crippen LogP contribution in [0.1, 0.15) is 49.9 Å². The standard InChI is InChI=1S/C30H25N/c1-29(2)22-11-7-5-9-17(22)19-13-14-21-25-23(30(3,4)27(21)26(19)29)16-15-20-18-10-6-8-12-24(18)31-28(20)25/h5-16,31H,1-4H3. The van der Waals surface area contributed by atoms with Crippen LogP contribution in [-0.2, 0) is 10.8 Å². The number of para-hydroxylation sites is 1. The van der Waals surface area contributed by atoms with E-state index in [1.807, 2.05) is 0 Å². The van der Waals surface area contributed by atoms with Crippen LogP contribution in [0, 0.1) is 0 Å². The summed E-state index contributed by atoms with van der Waals surface area (Å²) in [6, 6.07) is 27.1. The fraction of sp³-hybridized carbons (Fsp3) is 0.200. The van der Waals surface area contributed by atoms with E-state index in [1.165, 1.54) is 66.3 Å². The van der Waals surface area contributed by atoms with E-state index in [4.69, 9.17) is 0 Å². The monoisotopic (exact) mass is 399 g/mol. The van der Waals surface area contributed by atoms with E-state index in [1.54, 1.807) is 0 Å². The molecule has 2 aliphatic rings. The van der Waals surface area contributed by atoms with Crippen LogP contribution in [0.5, 0.6) is 0 Å². The molecule has 2 aliphatic carbocycles. The van der Waals surface area contributed by atoms with Crippen LogP contribution in [0.15, 0.2) is 72.8 Å². The number of rotatable bonds is 0. The third kappa shape index (κ3) is 1.89. The van der Waals surface area contributed by atoms with Gasteiger partial charge in [-0.25, -0.2) is 0 Å². The highest BCUT2D eigenvalue weighted by atomic mass is 14.7. The van der Waals surface area contributed by atoms with Crippen LogP contribution in [0.2, 0.25) is 0 Å². The fourth-order valence-corrected chi connectivity index (χ4v) is 6.59. The first-order valence-corrected chi connectivity index (χ1v) is 11.2. The molecule has 150 valence electrons. The third-order valence-corrected chi connectivity index (χ3v) is 7.97. The summed E-state index contributed by atoms with van der Waals surface area (Å²) in [4.78, 5) is 3.76. The van der Waals surface area contributed by atoms with Gasteiger partial charge in [-0.15, -0.1) is 0 Å². The van der Waals surface area contributed by atoms with E-state index >= 15 is 0 Å². The van der Waals surface area contributed by atoms with Crippen molar-refractivity contribution in [3.05, 3.63) is 95.1 Å². The highest BCUT2D eigenvalue weighted by Gasteiger charge is 2.46. The summed E-state index contributed by atoms with van der Waals surface area (Å²) in [6.07, 6.45) is 0. The number of hydrogen-bond acceptors (Lipinski definition) is 0. The Morgan fingerprint density at radius 2 is 1.23 bits per heavy atom. The van der Waals surface area contributed by atoms with Crippen molar-refractivity contribution < 1.29 is 0 Å². The quantitative estimate of drug-likeness (QED) is 0.272. The molecule has 7 rings (SSSR count). The summed E-state index contributed by atoms with van der Waals surface area (Å²) in [6.45, 7) is 9.61. The third-order valence-electron chi connectivity index (χ3n) is 7.97. The molecular weight excluding hydrogens is 374 g/mol. The topological polar surface area (TPSA) is 15.8 Å². The molecule has 0 bridgehead atoms. The first kappa shape index (κ1) is 17.4. The van der Waals surface area contributed by atoms with Gasteiger partial charge < -0.3 is 4.98 Å². The predicted molar refractivity (Wildman–Crippen MR) is 131 cm³/mol. The molecule has 0 atom stereocenters. The molecule has 1 N–H and O–H groups in total. The van der Waals surface area contributed by atoms with E-state index < -0.39 is 0 Å². The minimum atomic E-state index is -0.0409. The Hall–Kier alpha value is -3.32. The second-order valence-corrected chi connectivity index (χ2v) is 10.3. The number of fused-ring (bicyclic) bond motifs is 11. The Morgan fingerprint density at radius 1 is 0.548 bits per heavy atom. The van der Waals surface area contributed by atoms with E-state index in [-0.39, 0.29) is 10.8 Å². The smallest absolute Gasteiger partial charge is 0.0547 e. The van der Waals surface area contributed by atoms with Gasteiger partial charge in [0.25, 0.3) is 0 Å². The Kier molecular flexibility index (Phi) is 2.96. The lowest BCUT2D eigenvalue weighted by Gasteiger charge is -2.30. The van der Waals surface area contributed by atoms with E-state index in [0.29, 0.717) is 0 Å². The van der Waals surface area contributed by atoms with E-state index in [0.717, 1.165) is 0 Å². The molecule has 1 heterocycles. The SMILES string of the molecule is CC1(C)c2ccccc2-c2ccc3c(c21)C(C)(C)c1ccc2c([nH]c4ccccc42)c1-3. The summed E-state index contributed by atoms with van der Waals surface area (Å²) < 4.78 is 0. The van der Waals surface area contributed by atoms with Gasteiger partial charge in [-0.1, -0.05) is 94.4 Å². The number of hydrogen-bond donors (Lipinski definition) is 1. The maximum absolute atomic E-state index is 3.76. The molecule has 0 saturated carbocycles. The molecule has 31 heavy (non-hydrogen) atoms. The number of aromatic amines is 1. The Balaban J connectivity index is 1.63. The molecular formula is C30H25N. The van der Waals surface area contributed by atoms with Gasteiger partial charge in [0.1, 0.15) is 0 Å². The highest BCUT2D eigenvalue weighted by molar-refractivity contribution is 6.14. The van der Waals surface area contributed by atoms with Crippen molar-refractivity contribution in [1.29, 1.82) is 0 Å². The normalized spacial score (nSPS) is 16.9. The highest BCUT2D eigenvalue weighted by Crippen LogP contribution is 2.59. The van der Waals surface area contributed by atoms with Crippen molar-refractivity contribution in [3.8, 4) is 22.3 Å². The lowest BCUT2D eigenvalue weighted by atomic mass is 9.72. The van der Waals surface area contributed by atoms with Gasteiger partial charge in [0.15, 0.2) is 0 Å². The fourth-order valence-electron chi connectivity index (χ4n) is 6.59. The molecule has 0 unspecified atom stereocenters. The molecule has 0 saturated heterocycles. The van der Waals surface area contributed by atoms with Gasteiger partial charge >= 0.3 is 0 Å². The van der Waals surface area contributed by atoms with Gasteiger partial charge in [-0.05, 0) is 45.0 Å². The summed E-state index contributed by atoms with van der Waals surface area (Å²) in [5.41, 5.74) is 13.9. The van der Waals surface area contributed by atoms with Crippen LogP contribution in [0.3, 0.4) is 0 Å². The van der Waals surface area contributed by atoms with Crippen molar-refractivity contribution in [2.45, 2.75) is 38.5 Å². The number of benzene rings is 4. The molecule has 0 spiro atoms. The zero-order valence-corrected chi connectivity index (χ0v) is 18.4. The predicted octanol–water partition coefficient (Wildman–Crippen LogP) is 7.93. The average Bonchev–Trinajstić information content (AvgIpc) is 3.34. The molecule has 1 aromatic heterocycles. The summed E-state index contributed by atoms with van der Waals surface area (Å²) in [5, 5.41) is 2.63. The first-order valence-electron chi connectivity index (χ1n) is 11.2. The van der Waals surface area contributed by atoms with Crippen LogP contribution >= 0.6 is 0 Å². The lowest BCUT2D eigenvalue weighted by Crippen LogP contribution is -2.24. The van der Waals surface area contributed by atoms with Gasteiger partial charge in [-0.2, -0.15) is 0 Å². The van der Waals surface area contributed by atoms with Crippen molar-refractivity contribution in [1.82, 2.24) is 4.98 Å². The molecule has 4 aromatic carbocycles. The average molecular weight is 400 g/mol. The minimum Gasteiger partial charge on any atom is -0.354 e. The van der Waals surface area contributed by atoms with Crippen molar-refractivity contribution in [2.75, 3.05) is 0 Å².